The molecule has 2 rings (SSSR count). The van der Waals surface area contributed by atoms with Gasteiger partial charge in [0, 0.05) is 0 Å². The number of methoxy groups -OCH3 is 2. The molecular weight excluding hydrogens is 300 g/mol. The smallest absolute Gasteiger partial charge is 0.342 e. The first-order valence-corrected chi connectivity index (χ1v) is 8.22. The number of rotatable bonds is 8. The Labute approximate surface area is 143 Å². The summed E-state index contributed by atoms with van der Waals surface area (Å²) in [4.78, 5) is 12.0. The molecule has 2 aromatic carbocycles. The fourth-order valence-corrected chi connectivity index (χ4v) is 2.62. The van der Waals surface area contributed by atoms with Crippen molar-refractivity contribution in [2.45, 2.75) is 25.7 Å². The van der Waals surface area contributed by atoms with E-state index in [0.717, 1.165) is 31.2 Å². The van der Waals surface area contributed by atoms with E-state index in [-0.39, 0.29) is 5.97 Å². The molecule has 0 radical (unpaired) electrons. The Balaban J connectivity index is 1.91. The summed E-state index contributed by atoms with van der Waals surface area (Å²) < 4.78 is 10.1. The number of carbonyl (C=O) groups is 1. The van der Waals surface area contributed by atoms with E-state index in [2.05, 4.69) is 30.3 Å². The minimum Gasteiger partial charge on any atom is -0.496 e. The Morgan fingerprint density at radius 3 is 2.50 bits per heavy atom. The zero-order valence-corrected chi connectivity index (χ0v) is 14.3. The molecule has 0 unspecified atom stereocenters. The van der Waals surface area contributed by atoms with E-state index in [1.165, 1.54) is 12.7 Å². The van der Waals surface area contributed by atoms with Crippen LogP contribution in [0.2, 0.25) is 0 Å². The molecule has 24 heavy (non-hydrogen) atoms. The molecule has 3 nitrogen and oxygen atoms in total. The molecular formula is C21H24O3. The predicted octanol–water partition coefficient (Wildman–Crippen LogP) is 4.91. The summed E-state index contributed by atoms with van der Waals surface area (Å²) in [5.41, 5.74) is 2.68. The van der Waals surface area contributed by atoms with Gasteiger partial charge >= 0.3 is 5.97 Å². The number of esters is 1. The third kappa shape index (κ3) is 4.98. The van der Waals surface area contributed by atoms with Gasteiger partial charge in [0.05, 0.1) is 14.2 Å². The average molecular weight is 324 g/mol. The van der Waals surface area contributed by atoms with E-state index < -0.39 is 0 Å². The SMILES string of the molecule is COC(=O)c1c(/C=C/CCCCc2ccccc2)cccc1OC. The molecule has 0 atom stereocenters. The molecule has 0 aliphatic heterocycles. The second-order valence-corrected chi connectivity index (χ2v) is 5.55. The van der Waals surface area contributed by atoms with Crippen molar-refractivity contribution in [1.82, 2.24) is 0 Å². The van der Waals surface area contributed by atoms with E-state index in [1.807, 2.05) is 24.3 Å². The van der Waals surface area contributed by atoms with Crippen molar-refractivity contribution >= 4 is 12.0 Å². The molecule has 0 saturated carbocycles. The van der Waals surface area contributed by atoms with Crippen LogP contribution in [0.4, 0.5) is 0 Å². The lowest BCUT2D eigenvalue weighted by Gasteiger charge is -2.09. The lowest BCUT2D eigenvalue weighted by molar-refractivity contribution is 0.0597. The molecule has 0 heterocycles. The molecule has 2 aromatic rings. The molecule has 0 aromatic heterocycles. The van der Waals surface area contributed by atoms with E-state index in [9.17, 15) is 4.79 Å². The Morgan fingerprint density at radius 1 is 1.00 bits per heavy atom. The van der Waals surface area contributed by atoms with Crippen LogP contribution in [0.1, 0.15) is 40.7 Å². The molecule has 3 heteroatoms. The monoisotopic (exact) mass is 324 g/mol. The van der Waals surface area contributed by atoms with Crippen molar-refractivity contribution in [1.29, 1.82) is 0 Å². The normalized spacial score (nSPS) is 10.8. The highest BCUT2D eigenvalue weighted by Gasteiger charge is 2.15. The quantitative estimate of drug-likeness (QED) is 0.511. The van der Waals surface area contributed by atoms with Gasteiger partial charge in [0.25, 0.3) is 0 Å². The third-order valence-corrected chi connectivity index (χ3v) is 3.89. The first-order chi connectivity index (χ1) is 11.8. The fourth-order valence-electron chi connectivity index (χ4n) is 2.62. The number of hydrogen-bond donors (Lipinski definition) is 0. The first kappa shape index (κ1) is 17.8. The van der Waals surface area contributed by atoms with Gasteiger partial charge in [-0.3, -0.25) is 0 Å². The highest BCUT2D eigenvalue weighted by Crippen LogP contribution is 2.24. The van der Waals surface area contributed by atoms with Gasteiger partial charge in [0.2, 0.25) is 0 Å². The summed E-state index contributed by atoms with van der Waals surface area (Å²) in [7, 11) is 2.94. The molecule has 0 N–H and O–H groups in total. The Kier molecular flexibility index (Phi) is 7.09. The van der Waals surface area contributed by atoms with Crippen LogP contribution in [0.25, 0.3) is 6.08 Å². The maximum atomic E-state index is 12.0. The van der Waals surface area contributed by atoms with Crippen molar-refractivity contribution in [3.8, 4) is 5.75 Å². The minimum absolute atomic E-state index is 0.379. The summed E-state index contributed by atoms with van der Waals surface area (Å²) in [6, 6.07) is 16.1. The lowest BCUT2D eigenvalue weighted by atomic mass is 10.0. The third-order valence-electron chi connectivity index (χ3n) is 3.89. The summed E-state index contributed by atoms with van der Waals surface area (Å²) in [5.74, 6) is 0.157. The van der Waals surface area contributed by atoms with E-state index in [1.54, 1.807) is 13.2 Å². The Hall–Kier alpha value is -2.55. The number of ether oxygens (including phenoxy) is 2. The van der Waals surface area contributed by atoms with Crippen molar-refractivity contribution < 1.29 is 14.3 Å². The maximum Gasteiger partial charge on any atom is 0.342 e. The summed E-state index contributed by atoms with van der Waals surface area (Å²) in [5, 5.41) is 0. The maximum absolute atomic E-state index is 12.0. The van der Waals surface area contributed by atoms with Crippen LogP contribution >= 0.6 is 0 Å². The van der Waals surface area contributed by atoms with E-state index in [0.29, 0.717) is 11.3 Å². The summed E-state index contributed by atoms with van der Waals surface area (Å²) in [6.07, 6.45) is 8.41. The highest BCUT2D eigenvalue weighted by atomic mass is 16.5. The molecule has 0 spiro atoms. The number of carbonyl (C=O) groups excluding carboxylic acids is 1. The van der Waals surface area contributed by atoms with E-state index >= 15 is 0 Å². The average Bonchev–Trinajstić information content (AvgIpc) is 2.64. The second kappa shape index (κ2) is 9.56. The van der Waals surface area contributed by atoms with Gasteiger partial charge in [-0.15, -0.1) is 0 Å². The number of aryl methyl sites for hydroxylation is 1. The summed E-state index contributed by atoms with van der Waals surface area (Å²) >= 11 is 0. The van der Waals surface area contributed by atoms with Crippen LogP contribution in [0.3, 0.4) is 0 Å². The van der Waals surface area contributed by atoms with Gasteiger partial charge in [0.15, 0.2) is 0 Å². The van der Waals surface area contributed by atoms with Gasteiger partial charge in [-0.2, -0.15) is 0 Å². The van der Waals surface area contributed by atoms with Crippen LogP contribution in [-0.2, 0) is 11.2 Å². The van der Waals surface area contributed by atoms with Crippen LogP contribution in [0.5, 0.6) is 5.75 Å². The number of unbranched alkanes of at least 4 members (excludes halogenated alkanes) is 2. The first-order valence-electron chi connectivity index (χ1n) is 8.22. The Morgan fingerprint density at radius 2 is 1.79 bits per heavy atom. The molecule has 0 aliphatic rings. The van der Waals surface area contributed by atoms with Crippen LogP contribution in [0, 0.1) is 0 Å². The summed E-state index contributed by atoms with van der Waals surface area (Å²) in [6.45, 7) is 0. The van der Waals surface area contributed by atoms with E-state index in [4.69, 9.17) is 9.47 Å². The van der Waals surface area contributed by atoms with Gasteiger partial charge < -0.3 is 9.47 Å². The second-order valence-electron chi connectivity index (χ2n) is 5.55. The number of hydrogen-bond acceptors (Lipinski definition) is 3. The molecule has 0 fully saturated rings. The lowest BCUT2D eigenvalue weighted by Crippen LogP contribution is -2.06. The van der Waals surface area contributed by atoms with Crippen LogP contribution in [-0.4, -0.2) is 20.2 Å². The highest BCUT2D eigenvalue weighted by molar-refractivity contribution is 5.96. The van der Waals surface area contributed by atoms with Gasteiger partial charge in [0.1, 0.15) is 11.3 Å². The number of allylic oxidation sites excluding steroid dienone is 1. The molecule has 0 saturated heterocycles. The van der Waals surface area contributed by atoms with Crippen molar-refractivity contribution in [2.24, 2.45) is 0 Å². The standard InChI is InChI=1S/C21H24O3/c1-23-19-16-10-15-18(20(19)21(22)24-2)14-9-4-3-6-11-17-12-7-5-8-13-17/h5,7-10,12-16H,3-4,6,11H2,1-2H3/b14-9+. The topological polar surface area (TPSA) is 35.5 Å². The predicted molar refractivity (Wildman–Crippen MR) is 97.4 cm³/mol. The van der Waals surface area contributed by atoms with Crippen molar-refractivity contribution in [2.75, 3.05) is 14.2 Å². The van der Waals surface area contributed by atoms with Crippen molar-refractivity contribution in [3.63, 3.8) is 0 Å². The van der Waals surface area contributed by atoms with Gasteiger partial charge in [-0.05, 0) is 42.9 Å². The largest absolute Gasteiger partial charge is 0.496 e. The number of benzene rings is 2. The minimum atomic E-state index is -0.379. The van der Waals surface area contributed by atoms with Crippen LogP contribution in [0.15, 0.2) is 54.6 Å². The van der Waals surface area contributed by atoms with Crippen LogP contribution < -0.4 is 4.74 Å². The van der Waals surface area contributed by atoms with Gasteiger partial charge in [-0.25, -0.2) is 4.79 Å². The zero-order valence-electron chi connectivity index (χ0n) is 14.3. The molecule has 0 amide bonds. The van der Waals surface area contributed by atoms with Crippen molar-refractivity contribution in [3.05, 3.63) is 71.3 Å². The molecule has 0 bridgehead atoms. The molecule has 126 valence electrons. The Bertz CT molecular complexity index is 675. The van der Waals surface area contributed by atoms with Gasteiger partial charge in [-0.1, -0.05) is 54.6 Å². The fraction of sp³-hybridized carbons (Fsp3) is 0.286. The molecule has 0 aliphatic carbocycles. The zero-order chi connectivity index (χ0) is 17.2.